The van der Waals surface area contributed by atoms with E-state index >= 15 is 0 Å². The third-order valence-corrected chi connectivity index (χ3v) is 21.1. The van der Waals surface area contributed by atoms with Gasteiger partial charge in [0, 0.05) is 26.2 Å². The summed E-state index contributed by atoms with van der Waals surface area (Å²) in [5.74, 6) is -24.0. The monoisotopic (exact) mass is 1410 g/mol. The molecule has 0 bridgehead atoms. The minimum absolute atomic E-state index is 0.0146. The molecule has 0 spiro atoms. The van der Waals surface area contributed by atoms with Crippen LogP contribution in [0, 0.1) is 0 Å². The van der Waals surface area contributed by atoms with Gasteiger partial charge in [0.15, 0.2) is 49.4 Å². The molecule has 7 rings (SSSR count). The highest BCUT2D eigenvalue weighted by Gasteiger charge is 2.81. The van der Waals surface area contributed by atoms with E-state index in [0.717, 1.165) is 0 Å². The molecule has 0 N–H and O–H groups in total. The molecule has 1 aliphatic rings. The van der Waals surface area contributed by atoms with Crippen LogP contribution in [0.15, 0.2) is 216 Å². The maximum Gasteiger partial charge on any atom is 0.480 e. The Morgan fingerprint density at radius 2 is 0.719 bits per heavy atom. The zero-order valence-electron chi connectivity index (χ0n) is 44.4. The van der Waals surface area contributed by atoms with Crippen LogP contribution in [0.4, 0.5) is 83.4 Å². The van der Waals surface area contributed by atoms with E-state index in [4.69, 9.17) is 0 Å². The molecular weight excluding hydrogens is 1370 g/mol. The minimum atomic E-state index is -8.02. The zero-order valence-corrected chi connectivity index (χ0v) is 49.3. The highest BCUT2D eigenvalue weighted by atomic mass is 32.3. The number of rotatable bonds is 17. The van der Waals surface area contributed by atoms with Gasteiger partial charge in [-0.25, -0.2) is 33.7 Å². The predicted octanol–water partition coefficient (Wildman–Crippen LogP) is 12.0. The summed E-state index contributed by atoms with van der Waals surface area (Å²) in [7, 11) is -27.4. The second-order valence-electron chi connectivity index (χ2n) is 17.6. The van der Waals surface area contributed by atoms with E-state index in [2.05, 4.69) is 182 Å². The third kappa shape index (κ3) is 18.7. The molecule has 490 valence electrons. The van der Waals surface area contributed by atoms with Gasteiger partial charge in [-0.05, 0) is 72.8 Å². The van der Waals surface area contributed by atoms with Gasteiger partial charge in [-0.2, -0.15) is 92.1 Å². The van der Waals surface area contributed by atoms with Crippen LogP contribution >= 0.6 is 0 Å². The van der Waals surface area contributed by atoms with Gasteiger partial charge in [0.05, 0.1) is 40.5 Å². The van der Waals surface area contributed by atoms with Gasteiger partial charge in [0.1, 0.15) is 0 Å². The van der Waals surface area contributed by atoms with Crippen molar-refractivity contribution < 1.29 is 122 Å². The van der Waals surface area contributed by atoms with Crippen LogP contribution in [-0.2, 0) is 61.9 Å². The summed E-state index contributed by atoms with van der Waals surface area (Å²) in [5, 5.41) is -4.36. The van der Waals surface area contributed by atoms with E-state index < -0.39 is 129 Å². The predicted molar refractivity (Wildman–Crippen MR) is 286 cm³/mol. The van der Waals surface area contributed by atoms with E-state index in [1.165, 1.54) is 29.4 Å². The van der Waals surface area contributed by atoms with Gasteiger partial charge >= 0.3 is 46.1 Å². The molecule has 1 saturated heterocycles. The lowest BCUT2D eigenvalue weighted by Crippen LogP contribution is -2.64. The Kier molecular flexibility index (Phi) is 24.5. The second kappa shape index (κ2) is 29.0. The van der Waals surface area contributed by atoms with Crippen LogP contribution in [0.5, 0.6) is 0 Å². The first-order valence-corrected chi connectivity index (χ1v) is 32.6. The first-order chi connectivity index (χ1) is 40.7. The van der Waals surface area contributed by atoms with Crippen molar-refractivity contribution in [3.8, 4) is 0 Å². The summed E-state index contributed by atoms with van der Waals surface area (Å²) >= 11 is 0. The van der Waals surface area contributed by atoms with Gasteiger partial charge in [0.25, 0.3) is 10.0 Å². The molecule has 0 amide bonds. The van der Waals surface area contributed by atoms with Crippen molar-refractivity contribution in [2.24, 2.45) is 4.40 Å². The van der Waals surface area contributed by atoms with Gasteiger partial charge in [0.2, 0.25) is 10.0 Å². The average molecular weight is 1410 g/mol. The number of hydrogen-bond acceptors (Lipinski definition) is 10. The van der Waals surface area contributed by atoms with E-state index in [9.17, 15) is 122 Å². The SMILES string of the molecule is CS(=O)(=O)N=C([O-])C(F)(F)C(F)(F)C(F)(F)F.O=S(=O)([N-]S(=O)(=O)C(F)(F)C(F)(F)C(F)(F)S(=O)(=O)N1CCN(CC(F)(F)F)CC1)C(F)(F)F.c1ccc([S+](c2ccccc2)c2ccccc2)cc1.c1ccc([S+](c2ccccc2)c2ccccc2)cc1. The highest BCUT2D eigenvalue weighted by Crippen LogP contribution is 2.54. The normalized spacial score (nSPS) is 15.0. The Bertz CT molecular complexity index is 3430. The summed E-state index contributed by atoms with van der Waals surface area (Å²) < 4.78 is 330. The molecule has 1 fully saturated rings. The lowest BCUT2D eigenvalue weighted by Gasteiger charge is -2.39. The quantitative estimate of drug-likeness (QED) is 0.0367. The molecule has 0 radical (unpaired) electrons. The van der Waals surface area contributed by atoms with Gasteiger partial charge in [-0.1, -0.05) is 109 Å². The first kappa shape index (κ1) is 75.3. The zero-order chi connectivity index (χ0) is 67.5. The van der Waals surface area contributed by atoms with Crippen LogP contribution < -0.4 is 5.11 Å². The van der Waals surface area contributed by atoms with Crippen LogP contribution in [0.2, 0.25) is 0 Å². The number of piperazine rings is 1. The largest absolute Gasteiger partial charge is 0.857 e. The topological polar surface area (TPSA) is 193 Å². The van der Waals surface area contributed by atoms with Crippen LogP contribution in [0.3, 0.4) is 0 Å². The van der Waals surface area contributed by atoms with Crippen molar-refractivity contribution in [3.63, 3.8) is 0 Å². The molecule has 6 aromatic carbocycles. The summed E-state index contributed by atoms with van der Waals surface area (Å²) in [6, 6.07) is 64.3. The Morgan fingerprint density at radius 3 is 0.955 bits per heavy atom. The van der Waals surface area contributed by atoms with Crippen LogP contribution in [0.1, 0.15) is 0 Å². The van der Waals surface area contributed by atoms with E-state index in [0.29, 0.717) is 9.03 Å². The fraction of sp³-hybridized carbons (Fsp3) is 0.275. The molecule has 13 nitrogen and oxygen atoms in total. The number of benzene rings is 6. The second-order valence-corrected chi connectivity index (χ2v) is 28.8. The van der Waals surface area contributed by atoms with Gasteiger partial charge < -0.3 is 9.23 Å². The van der Waals surface area contributed by atoms with Gasteiger partial charge in [-0.3, -0.25) is 4.90 Å². The number of sulfonamides is 4. The summed E-state index contributed by atoms with van der Waals surface area (Å²) in [4.78, 5) is 8.59. The molecule has 1 aliphatic heterocycles. The van der Waals surface area contributed by atoms with E-state index in [-0.39, 0.29) is 28.0 Å². The molecule has 89 heavy (non-hydrogen) atoms. The molecule has 0 atom stereocenters. The number of hydrogen-bond donors (Lipinski definition) is 0. The molecule has 0 saturated carbocycles. The third-order valence-electron chi connectivity index (χ3n) is 11.1. The Balaban J connectivity index is 0.000000265. The Morgan fingerprint density at radius 1 is 0.438 bits per heavy atom. The number of alkyl halides is 19. The number of nitrogens with zero attached hydrogens (tertiary/aromatic N) is 4. The number of halogens is 19. The average Bonchev–Trinajstić information content (AvgIpc) is 0.721. The highest BCUT2D eigenvalue weighted by molar-refractivity contribution is 8.13. The molecule has 0 unspecified atom stereocenters. The lowest BCUT2D eigenvalue weighted by molar-refractivity contribution is -0.357. The first-order valence-electron chi connectivity index (χ1n) is 24.0. The summed E-state index contributed by atoms with van der Waals surface area (Å²) in [6.07, 6.45) is -11.5. The van der Waals surface area contributed by atoms with Crippen LogP contribution in [-0.4, -0.2) is 134 Å². The van der Waals surface area contributed by atoms with Crippen molar-refractivity contribution in [1.29, 1.82) is 0 Å². The summed E-state index contributed by atoms with van der Waals surface area (Å²) in [5.41, 5.74) is -6.75. The van der Waals surface area contributed by atoms with Crippen molar-refractivity contribution in [1.82, 2.24) is 9.21 Å². The smallest absolute Gasteiger partial charge is 0.480 e. The molecule has 6 aromatic rings. The fourth-order valence-electron chi connectivity index (χ4n) is 6.93. The maximum atomic E-state index is 14.1. The molecule has 0 aromatic heterocycles. The van der Waals surface area contributed by atoms with Crippen molar-refractivity contribution >= 4 is 67.8 Å². The fourth-order valence-corrected chi connectivity index (χ4v) is 15.2. The van der Waals surface area contributed by atoms with E-state index in [1.54, 1.807) is 4.40 Å². The minimum Gasteiger partial charge on any atom is -0.857 e. The standard InChI is InChI=1S/2C18H15S.C10H10F12N3O6S3.C5H4F7NO3S/c2*1-4-10-16(11-5-1)19(17-12-6-2-7-13-17)18-14-8-3-9-15-18;11-6(12,13)5-24-1-3-25(4-2-24)34(30,31)9(18,19)7(14,15)8(16,17)32(26,27)23-33(28,29)10(20,21)22;1-17(15,16)13-2(14)3(6,7)4(8,9)5(10,11)12/h2*1-15H;1-5H2;1H3,(H,13,14)/q2*+1;-1;/p-1. The Labute approximate surface area is 501 Å². The van der Waals surface area contributed by atoms with Crippen molar-refractivity contribution in [2.45, 2.75) is 75.5 Å². The molecular formula is C51H43F19N4O9S6. The maximum absolute atomic E-state index is 14.1. The molecule has 0 aliphatic carbocycles. The molecule has 38 heteroatoms. The van der Waals surface area contributed by atoms with E-state index in [1.807, 2.05) is 0 Å². The Hall–Kier alpha value is -6.16. The van der Waals surface area contributed by atoms with Crippen molar-refractivity contribution in [2.75, 3.05) is 39.0 Å². The molecule has 1 heterocycles. The van der Waals surface area contributed by atoms with Crippen LogP contribution in [0.25, 0.3) is 4.13 Å². The van der Waals surface area contributed by atoms with Gasteiger partial charge in [-0.15, -0.1) is 0 Å². The summed E-state index contributed by atoms with van der Waals surface area (Å²) in [6.45, 7) is -6.52. The van der Waals surface area contributed by atoms with Crippen molar-refractivity contribution in [3.05, 3.63) is 186 Å². The lowest BCUT2D eigenvalue weighted by atomic mass is 10.1.